The first-order valence-electron chi connectivity index (χ1n) is 2.33. The summed E-state index contributed by atoms with van der Waals surface area (Å²) in [5.41, 5.74) is -0.586. The van der Waals surface area contributed by atoms with Crippen molar-refractivity contribution in [1.29, 1.82) is 0 Å². The van der Waals surface area contributed by atoms with Gasteiger partial charge in [0.25, 0.3) is 0 Å². The second-order valence-corrected chi connectivity index (χ2v) is 1.93. The Hall–Kier alpha value is -0.120. The molecule has 0 fully saturated rings. The van der Waals surface area contributed by atoms with Gasteiger partial charge < -0.3 is 0 Å². The third-order valence-electron chi connectivity index (χ3n) is 0.845. The van der Waals surface area contributed by atoms with Crippen molar-refractivity contribution in [3.05, 3.63) is 11.6 Å². The van der Waals surface area contributed by atoms with E-state index in [1.54, 1.807) is 0 Å². The fourth-order valence-corrected chi connectivity index (χ4v) is 0.527. The van der Waals surface area contributed by atoms with Crippen molar-refractivity contribution >= 4 is 12.6 Å². The van der Waals surface area contributed by atoms with Gasteiger partial charge in [0.1, 0.15) is 0 Å². The lowest BCUT2D eigenvalue weighted by molar-refractivity contribution is -0.0914. The van der Waals surface area contributed by atoms with Gasteiger partial charge >= 0.3 is 6.18 Å². The molecule has 0 unspecified atom stereocenters. The normalized spacial score (nSPS) is 14.1. The van der Waals surface area contributed by atoms with Gasteiger partial charge in [0, 0.05) is 11.3 Å². The lowest BCUT2D eigenvalue weighted by Crippen LogP contribution is -2.08. The molecule has 0 nitrogen and oxygen atoms in total. The molecule has 0 amide bonds. The molecule has 0 aliphatic carbocycles. The van der Waals surface area contributed by atoms with Crippen LogP contribution in [0.1, 0.15) is 6.92 Å². The zero-order chi connectivity index (χ0) is 7.49. The quantitative estimate of drug-likeness (QED) is 0.437. The number of rotatable bonds is 1. The summed E-state index contributed by atoms with van der Waals surface area (Å²) < 4.78 is 34.6. The van der Waals surface area contributed by atoms with Crippen molar-refractivity contribution in [2.24, 2.45) is 0 Å². The van der Waals surface area contributed by atoms with E-state index in [1.165, 1.54) is 0 Å². The van der Waals surface area contributed by atoms with E-state index in [2.05, 4.69) is 12.6 Å². The minimum Gasteiger partial charge on any atom is -0.175 e. The Kier molecular flexibility index (Phi) is 3.11. The number of hydrogen-bond acceptors (Lipinski definition) is 1. The molecule has 0 aromatic rings. The van der Waals surface area contributed by atoms with E-state index in [0.29, 0.717) is 0 Å². The Morgan fingerprint density at radius 2 is 2.00 bits per heavy atom. The molecule has 4 heteroatoms. The zero-order valence-corrected chi connectivity index (χ0v) is 5.76. The fourth-order valence-electron chi connectivity index (χ4n) is 0.253. The van der Waals surface area contributed by atoms with Gasteiger partial charge in [-0.15, -0.1) is 0 Å². The lowest BCUT2D eigenvalue weighted by Gasteiger charge is -2.04. The van der Waals surface area contributed by atoms with E-state index >= 15 is 0 Å². The molecule has 0 saturated carbocycles. The highest BCUT2D eigenvalue weighted by Crippen LogP contribution is 2.24. The van der Waals surface area contributed by atoms with Gasteiger partial charge in [0.05, 0.1) is 0 Å². The summed E-state index contributed by atoms with van der Waals surface area (Å²) in [5.74, 6) is 0.130. The molecule has 0 bridgehead atoms. The summed E-state index contributed by atoms with van der Waals surface area (Å²) in [4.78, 5) is 0. The highest BCUT2D eigenvalue weighted by atomic mass is 32.1. The number of alkyl halides is 3. The lowest BCUT2D eigenvalue weighted by atomic mass is 10.3. The average molecular weight is 156 g/mol. The highest BCUT2D eigenvalue weighted by molar-refractivity contribution is 7.80. The maximum atomic E-state index is 11.5. The second kappa shape index (κ2) is 3.15. The van der Waals surface area contributed by atoms with Crippen LogP contribution in [-0.2, 0) is 0 Å². The summed E-state index contributed by atoms with van der Waals surface area (Å²) >= 11 is 3.62. The molecule has 9 heavy (non-hydrogen) atoms. The first-order chi connectivity index (χ1) is 3.98. The predicted molar refractivity (Wildman–Crippen MR) is 33.7 cm³/mol. The smallest absolute Gasteiger partial charge is 0.175 e. The number of halogens is 3. The molecule has 0 saturated heterocycles. The number of allylic oxidation sites excluding steroid dienone is 1. The van der Waals surface area contributed by atoms with Crippen LogP contribution in [0.25, 0.3) is 0 Å². The van der Waals surface area contributed by atoms with Crippen molar-refractivity contribution < 1.29 is 13.2 Å². The average Bonchev–Trinajstić information content (AvgIpc) is 1.64. The molecule has 54 valence electrons. The molecule has 0 spiro atoms. The van der Waals surface area contributed by atoms with Crippen molar-refractivity contribution in [2.45, 2.75) is 13.1 Å². The zero-order valence-electron chi connectivity index (χ0n) is 4.87. The Balaban J connectivity index is 4.03. The van der Waals surface area contributed by atoms with Gasteiger partial charge in [-0.05, 0) is 6.92 Å². The topological polar surface area (TPSA) is 0 Å². The largest absolute Gasteiger partial charge is 0.412 e. The van der Waals surface area contributed by atoms with Gasteiger partial charge in [0.2, 0.25) is 0 Å². The fraction of sp³-hybridized carbons (Fsp3) is 0.600. The Bertz CT molecular complexity index is 114. The first-order valence-corrected chi connectivity index (χ1v) is 2.96. The summed E-state index contributed by atoms with van der Waals surface area (Å²) in [6, 6.07) is 0. The number of thiol groups is 1. The van der Waals surface area contributed by atoms with Crippen molar-refractivity contribution in [3.63, 3.8) is 0 Å². The van der Waals surface area contributed by atoms with E-state index in [1.807, 2.05) is 0 Å². The molecule has 0 aromatic carbocycles. The van der Waals surface area contributed by atoms with Crippen LogP contribution < -0.4 is 0 Å². The minimum absolute atomic E-state index is 0.130. The molecular weight excluding hydrogens is 149 g/mol. The Labute approximate surface area is 57.2 Å². The summed E-state index contributed by atoms with van der Waals surface area (Å²) in [6.45, 7) is 1.02. The molecule has 0 aliphatic rings. The Morgan fingerprint density at radius 1 is 1.56 bits per heavy atom. The standard InChI is InChI=1S/C5H7F3S/c1-4(2-3-9)5(6,7)8/h2,9H,3H2,1H3. The van der Waals surface area contributed by atoms with Gasteiger partial charge in [0.15, 0.2) is 0 Å². The number of hydrogen-bond donors (Lipinski definition) is 1. The van der Waals surface area contributed by atoms with Gasteiger partial charge in [-0.1, -0.05) is 6.08 Å². The minimum atomic E-state index is -4.18. The molecule has 0 aliphatic heterocycles. The van der Waals surface area contributed by atoms with E-state index in [9.17, 15) is 13.2 Å². The van der Waals surface area contributed by atoms with Crippen LogP contribution in [0.5, 0.6) is 0 Å². The van der Waals surface area contributed by atoms with E-state index < -0.39 is 11.7 Å². The van der Waals surface area contributed by atoms with Gasteiger partial charge in [-0.3, -0.25) is 0 Å². The van der Waals surface area contributed by atoms with Crippen LogP contribution in [0.3, 0.4) is 0 Å². The van der Waals surface area contributed by atoms with Crippen LogP contribution in [0.2, 0.25) is 0 Å². The van der Waals surface area contributed by atoms with Crippen LogP contribution >= 0.6 is 12.6 Å². The second-order valence-electron chi connectivity index (χ2n) is 1.57. The summed E-state index contributed by atoms with van der Waals surface area (Å²) in [5, 5.41) is 0. The van der Waals surface area contributed by atoms with Crippen LogP contribution in [0.15, 0.2) is 11.6 Å². The van der Waals surface area contributed by atoms with Crippen molar-refractivity contribution in [1.82, 2.24) is 0 Å². The van der Waals surface area contributed by atoms with Crippen LogP contribution in [0, 0.1) is 0 Å². The summed E-state index contributed by atoms with van der Waals surface area (Å²) in [6.07, 6.45) is -3.15. The SMILES string of the molecule is CC(=CCS)C(F)(F)F. The van der Waals surface area contributed by atoms with Crippen LogP contribution in [0.4, 0.5) is 13.2 Å². The monoisotopic (exact) mass is 156 g/mol. The molecule has 0 aromatic heterocycles. The maximum Gasteiger partial charge on any atom is 0.412 e. The van der Waals surface area contributed by atoms with Crippen molar-refractivity contribution in [3.8, 4) is 0 Å². The molecule has 0 radical (unpaired) electrons. The maximum absolute atomic E-state index is 11.5. The van der Waals surface area contributed by atoms with Crippen molar-refractivity contribution in [2.75, 3.05) is 5.75 Å². The van der Waals surface area contributed by atoms with Crippen LogP contribution in [-0.4, -0.2) is 11.9 Å². The highest BCUT2D eigenvalue weighted by Gasteiger charge is 2.29. The first kappa shape index (κ1) is 8.88. The third kappa shape index (κ3) is 3.46. The Morgan fingerprint density at radius 3 is 2.11 bits per heavy atom. The predicted octanol–water partition coefficient (Wildman–Crippen LogP) is 2.42. The molecule has 0 heterocycles. The molecule has 0 rings (SSSR count). The molecule has 0 N–H and O–H groups in total. The van der Waals surface area contributed by atoms with E-state index in [4.69, 9.17) is 0 Å². The van der Waals surface area contributed by atoms with Gasteiger partial charge in [-0.25, -0.2) is 0 Å². The summed E-state index contributed by atoms with van der Waals surface area (Å²) in [7, 11) is 0. The molecule has 0 atom stereocenters. The van der Waals surface area contributed by atoms with Gasteiger partial charge in [-0.2, -0.15) is 25.8 Å². The van der Waals surface area contributed by atoms with E-state index in [-0.39, 0.29) is 5.75 Å². The van der Waals surface area contributed by atoms with E-state index in [0.717, 1.165) is 13.0 Å². The third-order valence-corrected chi connectivity index (χ3v) is 1.03. The molecular formula is C5H7F3S.